The number of aromatic nitrogens is 2. The molecule has 0 aliphatic rings. The van der Waals surface area contributed by atoms with E-state index in [4.69, 9.17) is 4.52 Å². The van der Waals surface area contributed by atoms with Gasteiger partial charge in [-0.2, -0.15) is 4.98 Å². The standard InChI is InChI=1S/C15H11FN2O2/c1-9-12(3-2-4-13(9)19)15-17-14(18-20-15)10-5-7-11(16)8-6-10/h2-8,19H,1H3. The first-order valence-corrected chi connectivity index (χ1v) is 6.04. The van der Waals surface area contributed by atoms with E-state index in [1.54, 1.807) is 37.3 Å². The molecule has 3 aromatic rings. The minimum atomic E-state index is -0.318. The molecule has 0 amide bonds. The minimum absolute atomic E-state index is 0.170. The first-order chi connectivity index (χ1) is 9.65. The maximum absolute atomic E-state index is 12.9. The Hall–Kier alpha value is -2.69. The van der Waals surface area contributed by atoms with Gasteiger partial charge in [0.1, 0.15) is 11.6 Å². The topological polar surface area (TPSA) is 59.2 Å². The van der Waals surface area contributed by atoms with Crippen LogP contribution >= 0.6 is 0 Å². The number of benzene rings is 2. The van der Waals surface area contributed by atoms with E-state index >= 15 is 0 Å². The minimum Gasteiger partial charge on any atom is -0.508 e. The zero-order chi connectivity index (χ0) is 14.1. The fourth-order valence-electron chi connectivity index (χ4n) is 1.90. The second-order valence-corrected chi connectivity index (χ2v) is 4.38. The summed E-state index contributed by atoms with van der Waals surface area (Å²) in [7, 11) is 0. The van der Waals surface area contributed by atoms with Gasteiger partial charge in [0.15, 0.2) is 0 Å². The van der Waals surface area contributed by atoms with E-state index < -0.39 is 0 Å². The molecule has 4 nitrogen and oxygen atoms in total. The monoisotopic (exact) mass is 270 g/mol. The fraction of sp³-hybridized carbons (Fsp3) is 0.0667. The molecule has 1 heterocycles. The number of aromatic hydroxyl groups is 1. The summed E-state index contributed by atoms with van der Waals surface area (Å²) >= 11 is 0. The summed E-state index contributed by atoms with van der Waals surface area (Å²) in [6, 6.07) is 10.9. The summed E-state index contributed by atoms with van der Waals surface area (Å²) in [6.07, 6.45) is 0. The third-order valence-corrected chi connectivity index (χ3v) is 3.06. The lowest BCUT2D eigenvalue weighted by molar-refractivity contribution is 0.431. The molecule has 0 fully saturated rings. The van der Waals surface area contributed by atoms with Crippen molar-refractivity contribution in [1.82, 2.24) is 10.1 Å². The average Bonchev–Trinajstić information content (AvgIpc) is 2.92. The Kier molecular flexibility index (Phi) is 2.95. The van der Waals surface area contributed by atoms with Crippen LogP contribution in [0.25, 0.3) is 22.8 Å². The molecule has 0 atom stereocenters. The van der Waals surface area contributed by atoms with E-state index in [-0.39, 0.29) is 11.6 Å². The van der Waals surface area contributed by atoms with Gasteiger partial charge in [0, 0.05) is 16.7 Å². The number of phenols is 1. The number of phenolic OH excluding ortho intramolecular Hbond substituents is 1. The van der Waals surface area contributed by atoms with Crippen LogP contribution in [0.5, 0.6) is 5.75 Å². The Morgan fingerprint density at radius 2 is 1.85 bits per heavy atom. The van der Waals surface area contributed by atoms with Crippen molar-refractivity contribution in [2.75, 3.05) is 0 Å². The second-order valence-electron chi connectivity index (χ2n) is 4.38. The Balaban J connectivity index is 2.02. The summed E-state index contributed by atoms with van der Waals surface area (Å²) < 4.78 is 18.1. The Morgan fingerprint density at radius 3 is 2.60 bits per heavy atom. The highest BCUT2D eigenvalue weighted by atomic mass is 19.1. The molecule has 0 aliphatic carbocycles. The Labute approximate surface area is 114 Å². The lowest BCUT2D eigenvalue weighted by atomic mass is 10.1. The predicted octanol–water partition coefficient (Wildman–Crippen LogP) is 3.56. The molecule has 3 rings (SSSR count). The van der Waals surface area contributed by atoms with Crippen LogP contribution in [-0.2, 0) is 0 Å². The van der Waals surface area contributed by atoms with Crippen molar-refractivity contribution in [3.63, 3.8) is 0 Å². The van der Waals surface area contributed by atoms with Crippen molar-refractivity contribution in [2.24, 2.45) is 0 Å². The van der Waals surface area contributed by atoms with E-state index in [2.05, 4.69) is 10.1 Å². The SMILES string of the molecule is Cc1c(O)cccc1-c1nc(-c2ccc(F)cc2)no1. The zero-order valence-electron chi connectivity index (χ0n) is 10.7. The number of hydrogen-bond donors (Lipinski definition) is 1. The second kappa shape index (κ2) is 4.77. The van der Waals surface area contributed by atoms with E-state index in [1.807, 2.05) is 0 Å². The van der Waals surface area contributed by atoms with Gasteiger partial charge >= 0.3 is 0 Å². The third-order valence-electron chi connectivity index (χ3n) is 3.06. The Morgan fingerprint density at radius 1 is 1.10 bits per heavy atom. The highest BCUT2D eigenvalue weighted by molar-refractivity contribution is 5.64. The van der Waals surface area contributed by atoms with Crippen molar-refractivity contribution < 1.29 is 14.0 Å². The van der Waals surface area contributed by atoms with Crippen molar-refractivity contribution in [3.8, 4) is 28.6 Å². The molecule has 0 spiro atoms. The van der Waals surface area contributed by atoms with Gasteiger partial charge in [0.25, 0.3) is 5.89 Å². The molecule has 1 aromatic heterocycles. The van der Waals surface area contributed by atoms with Gasteiger partial charge < -0.3 is 9.63 Å². The maximum Gasteiger partial charge on any atom is 0.258 e. The van der Waals surface area contributed by atoms with Gasteiger partial charge in [-0.3, -0.25) is 0 Å². The number of halogens is 1. The summed E-state index contributed by atoms with van der Waals surface area (Å²) in [4.78, 5) is 4.27. The normalized spacial score (nSPS) is 10.7. The van der Waals surface area contributed by atoms with Crippen LogP contribution in [0.1, 0.15) is 5.56 Å². The summed E-state index contributed by atoms with van der Waals surface area (Å²) in [5.74, 6) is 0.547. The third kappa shape index (κ3) is 2.14. The lowest BCUT2D eigenvalue weighted by Crippen LogP contribution is -1.85. The quantitative estimate of drug-likeness (QED) is 0.773. The van der Waals surface area contributed by atoms with Crippen molar-refractivity contribution in [1.29, 1.82) is 0 Å². The van der Waals surface area contributed by atoms with Crippen molar-refractivity contribution >= 4 is 0 Å². The number of rotatable bonds is 2. The molecule has 0 unspecified atom stereocenters. The highest BCUT2D eigenvalue weighted by Gasteiger charge is 2.14. The van der Waals surface area contributed by atoms with Crippen LogP contribution < -0.4 is 0 Å². The molecule has 0 aliphatic heterocycles. The molecule has 20 heavy (non-hydrogen) atoms. The maximum atomic E-state index is 12.9. The molecule has 2 aromatic carbocycles. The van der Waals surface area contributed by atoms with Crippen LogP contribution in [0.2, 0.25) is 0 Å². The summed E-state index contributed by atoms with van der Waals surface area (Å²) in [5.41, 5.74) is 2.01. The van der Waals surface area contributed by atoms with Gasteiger partial charge in [-0.25, -0.2) is 4.39 Å². The van der Waals surface area contributed by atoms with Crippen molar-refractivity contribution in [2.45, 2.75) is 6.92 Å². The summed E-state index contributed by atoms with van der Waals surface area (Å²) in [5, 5.41) is 13.6. The average molecular weight is 270 g/mol. The molecular weight excluding hydrogens is 259 g/mol. The molecule has 0 saturated carbocycles. The number of hydrogen-bond acceptors (Lipinski definition) is 4. The zero-order valence-corrected chi connectivity index (χ0v) is 10.7. The van der Waals surface area contributed by atoms with Gasteiger partial charge in [-0.15, -0.1) is 0 Å². The van der Waals surface area contributed by atoms with Crippen LogP contribution in [-0.4, -0.2) is 15.2 Å². The fourth-order valence-corrected chi connectivity index (χ4v) is 1.90. The largest absolute Gasteiger partial charge is 0.508 e. The molecule has 1 N–H and O–H groups in total. The van der Waals surface area contributed by atoms with Crippen LogP contribution in [0.15, 0.2) is 47.0 Å². The first kappa shape index (κ1) is 12.3. The highest BCUT2D eigenvalue weighted by Crippen LogP contribution is 2.29. The van der Waals surface area contributed by atoms with Gasteiger partial charge in [0.05, 0.1) is 0 Å². The van der Waals surface area contributed by atoms with Gasteiger partial charge in [-0.1, -0.05) is 11.2 Å². The van der Waals surface area contributed by atoms with E-state index in [0.717, 1.165) is 0 Å². The van der Waals surface area contributed by atoms with E-state index in [1.165, 1.54) is 12.1 Å². The molecule has 0 bridgehead atoms. The van der Waals surface area contributed by atoms with Gasteiger partial charge in [-0.05, 0) is 43.3 Å². The molecule has 5 heteroatoms. The molecular formula is C15H11FN2O2. The molecule has 100 valence electrons. The first-order valence-electron chi connectivity index (χ1n) is 6.04. The van der Waals surface area contributed by atoms with Gasteiger partial charge in [0.2, 0.25) is 5.82 Å². The van der Waals surface area contributed by atoms with E-state index in [0.29, 0.717) is 28.4 Å². The van der Waals surface area contributed by atoms with Crippen LogP contribution in [0.4, 0.5) is 4.39 Å². The summed E-state index contributed by atoms with van der Waals surface area (Å²) in [6.45, 7) is 1.77. The van der Waals surface area contributed by atoms with Crippen LogP contribution in [0.3, 0.4) is 0 Å². The van der Waals surface area contributed by atoms with E-state index in [9.17, 15) is 9.50 Å². The molecule has 0 radical (unpaired) electrons. The lowest BCUT2D eigenvalue weighted by Gasteiger charge is -2.01. The predicted molar refractivity (Wildman–Crippen MR) is 71.5 cm³/mol. The number of nitrogens with zero attached hydrogens (tertiary/aromatic N) is 2. The van der Waals surface area contributed by atoms with Crippen molar-refractivity contribution in [3.05, 3.63) is 53.8 Å². The van der Waals surface area contributed by atoms with Crippen LogP contribution in [0, 0.1) is 12.7 Å². The Bertz CT molecular complexity index is 751. The molecule has 0 saturated heterocycles. The smallest absolute Gasteiger partial charge is 0.258 e.